The van der Waals surface area contributed by atoms with Gasteiger partial charge in [-0.25, -0.2) is 0 Å². The Bertz CT molecular complexity index is 907. The number of ether oxygens (including phenoxy) is 2. The summed E-state index contributed by atoms with van der Waals surface area (Å²) in [5.41, 5.74) is 1.18. The molecule has 3 rings (SSSR count). The fourth-order valence-corrected chi connectivity index (χ4v) is 3.45. The predicted octanol–water partition coefficient (Wildman–Crippen LogP) is 2.52. The van der Waals surface area contributed by atoms with Crippen molar-refractivity contribution in [2.45, 2.75) is 13.0 Å². The number of carbonyl (C=O) groups excluding carboxylic acids is 2. The van der Waals surface area contributed by atoms with Crippen LogP contribution in [0.5, 0.6) is 5.75 Å². The highest BCUT2D eigenvalue weighted by Crippen LogP contribution is 2.39. The van der Waals surface area contributed by atoms with Crippen LogP contribution >= 0.6 is 0 Å². The Morgan fingerprint density at radius 3 is 2.37 bits per heavy atom. The fourth-order valence-electron chi connectivity index (χ4n) is 3.45. The molecule has 1 amide bonds. The van der Waals surface area contributed by atoms with Crippen molar-refractivity contribution in [1.82, 2.24) is 4.90 Å². The van der Waals surface area contributed by atoms with Gasteiger partial charge in [0, 0.05) is 12.1 Å². The molecule has 1 atom stereocenters. The first-order valence-corrected chi connectivity index (χ1v) is 9.83. The number of aliphatic hydroxyl groups excluding tert-OH is 2. The maximum absolute atomic E-state index is 12.9. The minimum Gasteiger partial charge on any atom is -0.507 e. The first-order chi connectivity index (χ1) is 14.6. The van der Waals surface area contributed by atoms with Crippen LogP contribution in [-0.2, 0) is 14.3 Å². The summed E-state index contributed by atoms with van der Waals surface area (Å²) in [6.45, 7) is 2.73. The number of benzene rings is 2. The van der Waals surface area contributed by atoms with Gasteiger partial charge < -0.3 is 24.6 Å². The van der Waals surface area contributed by atoms with E-state index in [0.717, 1.165) is 0 Å². The molecule has 7 nitrogen and oxygen atoms in total. The summed E-state index contributed by atoms with van der Waals surface area (Å²) >= 11 is 0. The molecule has 0 radical (unpaired) electrons. The summed E-state index contributed by atoms with van der Waals surface area (Å²) < 4.78 is 10.7. The molecule has 1 saturated heterocycles. The maximum atomic E-state index is 12.9. The Kier molecular flexibility index (Phi) is 7.21. The lowest BCUT2D eigenvalue weighted by Gasteiger charge is -2.25. The second-order valence-electron chi connectivity index (χ2n) is 6.70. The van der Waals surface area contributed by atoms with Crippen molar-refractivity contribution in [2.75, 3.05) is 33.0 Å². The van der Waals surface area contributed by atoms with Crippen molar-refractivity contribution in [3.05, 3.63) is 71.3 Å². The summed E-state index contributed by atoms with van der Waals surface area (Å²) in [4.78, 5) is 27.0. The fraction of sp³-hybridized carbons (Fsp3) is 0.304. The lowest BCUT2D eigenvalue weighted by atomic mass is 9.95. The molecule has 0 bridgehead atoms. The van der Waals surface area contributed by atoms with E-state index in [1.54, 1.807) is 24.3 Å². The summed E-state index contributed by atoms with van der Waals surface area (Å²) in [6.07, 6.45) is 0. The van der Waals surface area contributed by atoms with Crippen molar-refractivity contribution in [1.29, 1.82) is 0 Å². The van der Waals surface area contributed by atoms with Crippen LogP contribution in [0.3, 0.4) is 0 Å². The van der Waals surface area contributed by atoms with Crippen LogP contribution in [0.15, 0.2) is 60.2 Å². The molecule has 1 fully saturated rings. The molecule has 158 valence electrons. The minimum absolute atomic E-state index is 0.0394. The van der Waals surface area contributed by atoms with Crippen LogP contribution in [-0.4, -0.2) is 59.8 Å². The van der Waals surface area contributed by atoms with Crippen LogP contribution in [0.2, 0.25) is 0 Å². The lowest BCUT2D eigenvalue weighted by Crippen LogP contribution is -2.33. The van der Waals surface area contributed by atoms with Gasteiger partial charge in [0.25, 0.3) is 11.7 Å². The van der Waals surface area contributed by atoms with Crippen molar-refractivity contribution in [3.63, 3.8) is 0 Å². The highest BCUT2D eigenvalue weighted by atomic mass is 16.5. The Balaban J connectivity index is 2.00. The summed E-state index contributed by atoms with van der Waals surface area (Å²) in [7, 11) is 0. The zero-order chi connectivity index (χ0) is 21.5. The van der Waals surface area contributed by atoms with E-state index in [-0.39, 0.29) is 37.7 Å². The Morgan fingerprint density at radius 1 is 1.03 bits per heavy atom. The van der Waals surface area contributed by atoms with Gasteiger partial charge in [0.2, 0.25) is 0 Å². The quantitative estimate of drug-likeness (QED) is 0.285. The number of aliphatic hydroxyl groups is 2. The monoisotopic (exact) mass is 411 g/mol. The SMILES string of the molecule is CCOc1ccc(C(O)=C2C(=O)C(=O)N(CCOCCO)C2c2ccccc2)cc1. The summed E-state index contributed by atoms with van der Waals surface area (Å²) in [5.74, 6) is -1.01. The van der Waals surface area contributed by atoms with Crippen LogP contribution in [0.25, 0.3) is 5.76 Å². The number of hydrogen-bond donors (Lipinski definition) is 2. The average molecular weight is 411 g/mol. The van der Waals surface area contributed by atoms with Gasteiger partial charge in [-0.3, -0.25) is 9.59 Å². The molecule has 0 aliphatic carbocycles. The molecule has 0 saturated carbocycles. The predicted molar refractivity (Wildman–Crippen MR) is 111 cm³/mol. The van der Waals surface area contributed by atoms with Crippen LogP contribution in [0, 0.1) is 0 Å². The summed E-state index contributed by atoms with van der Waals surface area (Å²) in [6, 6.07) is 15.1. The Hall–Kier alpha value is -3.16. The lowest BCUT2D eigenvalue weighted by molar-refractivity contribution is -0.140. The number of amides is 1. The van der Waals surface area contributed by atoms with E-state index in [4.69, 9.17) is 14.6 Å². The molecule has 2 aromatic carbocycles. The third-order valence-corrected chi connectivity index (χ3v) is 4.81. The van der Waals surface area contributed by atoms with Crippen molar-refractivity contribution in [2.24, 2.45) is 0 Å². The van der Waals surface area contributed by atoms with E-state index in [9.17, 15) is 14.7 Å². The number of likely N-dealkylation sites (tertiary alicyclic amines) is 1. The number of ketones is 1. The van der Waals surface area contributed by atoms with E-state index >= 15 is 0 Å². The smallest absolute Gasteiger partial charge is 0.295 e. The number of Topliss-reactive ketones (excluding diaryl/α,β-unsaturated/α-hetero) is 1. The van der Waals surface area contributed by atoms with E-state index in [1.807, 2.05) is 37.3 Å². The molecule has 0 spiro atoms. The van der Waals surface area contributed by atoms with Crippen molar-refractivity contribution < 1.29 is 29.3 Å². The first kappa shape index (κ1) is 21.5. The number of nitrogens with zero attached hydrogens (tertiary/aromatic N) is 1. The van der Waals surface area contributed by atoms with Crippen molar-refractivity contribution >= 4 is 17.4 Å². The van der Waals surface area contributed by atoms with Crippen LogP contribution in [0.4, 0.5) is 0 Å². The molecule has 2 N–H and O–H groups in total. The highest BCUT2D eigenvalue weighted by Gasteiger charge is 2.45. The topological polar surface area (TPSA) is 96.3 Å². The van der Waals surface area contributed by atoms with Gasteiger partial charge in [0.15, 0.2) is 0 Å². The first-order valence-electron chi connectivity index (χ1n) is 9.83. The van der Waals surface area contributed by atoms with Crippen LogP contribution < -0.4 is 4.74 Å². The number of carbonyl (C=O) groups is 2. The van der Waals surface area contributed by atoms with Gasteiger partial charge >= 0.3 is 0 Å². The molecule has 1 unspecified atom stereocenters. The molecule has 1 aliphatic heterocycles. The highest BCUT2D eigenvalue weighted by molar-refractivity contribution is 6.46. The number of rotatable bonds is 9. The average Bonchev–Trinajstić information content (AvgIpc) is 3.02. The molecule has 1 aliphatic rings. The van der Waals surface area contributed by atoms with Gasteiger partial charge in [0.05, 0.1) is 38.0 Å². The largest absolute Gasteiger partial charge is 0.507 e. The molecule has 2 aromatic rings. The summed E-state index contributed by atoms with van der Waals surface area (Å²) in [5, 5.41) is 19.8. The molecular formula is C23H25NO6. The van der Waals surface area contributed by atoms with E-state index in [0.29, 0.717) is 23.5 Å². The van der Waals surface area contributed by atoms with Gasteiger partial charge in [-0.1, -0.05) is 30.3 Å². The Labute approximate surface area is 175 Å². The second-order valence-corrected chi connectivity index (χ2v) is 6.70. The Morgan fingerprint density at radius 2 is 1.73 bits per heavy atom. The van der Waals surface area contributed by atoms with Gasteiger partial charge in [0.1, 0.15) is 11.5 Å². The maximum Gasteiger partial charge on any atom is 0.295 e. The van der Waals surface area contributed by atoms with E-state index in [1.165, 1.54) is 4.90 Å². The third-order valence-electron chi connectivity index (χ3n) is 4.81. The van der Waals surface area contributed by atoms with Gasteiger partial charge in [-0.15, -0.1) is 0 Å². The van der Waals surface area contributed by atoms with Crippen molar-refractivity contribution in [3.8, 4) is 5.75 Å². The van der Waals surface area contributed by atoms with Crippen LogP contribution in [0.1, 0.15) is 24.1 Å². The zero-order valence-corrected chi connectivity index (χ0v) is 16.8. The van der Waals surface area contributed by atoms with Gasteiger partial charge in [-0.05, 0) is 36.8 Å². The number of hydrogen-bond acceptors (Lipinski definition) is 6. The standard InChI is InChI=1S/C23H25NO6/c1-2-30-18-10-8-17(9-11-18)21(26)19-20(16-6-4-3-5-7-16)24(23(28)22(19)27)12-14-29-15-13-25/h3-11,20,25-26H,2,12-15H2,1H3. The molecule has 30 heavy (non-hydrogen) atoms. The minimum atomic E-state index is -0.739. The van der Waals surface area contributed by atoms with E-state index in [2.05, 4.69) is 0 Å². The second kappa shape index (κ2) is 10.0. The van der Waals surface area contributed by atoms with Gasteiger partial charge in [-0.2, -0.15) is 0 Å². The normalized spacial score (nSPS) is 18.1. The molecular weight excluding hydrogens is 386 g/mol. The molecule has 0 aromatic heterocycles. The molecule has 1 heterocycles. The zero-order valence-electron chi connectivity index (χ0n) is 16.8. The van der Waals surface area contributed by atoms with E-state index < -0.39 is 17.7 Å². The molecule has 7 heteroatoms. The third kappa shape index (κ3) is 4.53.